The predicted molar refractivity (Wildman–Crippen MR) is 270 cm³/mol. The second-order valence-electron chi connectivity index (χ2n) is 19.6. The number of para-hydroxylation sites is 1. The van der Waals surface area contributed by atoms with Gasteiger partial charge in [0.05, 0.1) is 0 Å². The molecule has 0 aliphatic carbocycles. The van der Waals surface area contributed by atoms with E-state index in [1.54, 1.807) is 0 Å². The summed E-state index contributed by atoms with van der Waals surface area (Å²) >= 11 is 0. The van der Waals surface area contributed by atoms with E-state index in [1.807, 2.05) is 12.3 Å². The monoisotopic (exact) mass is 1040 g/mol. The largest absolute Gasteiger partial charge is 0.509 e. The molecule has 1 aliphatic rings. The first-order valence-corrected chi connectivity index (χ1v) is 22.6. The summed E-state index contributed by atoms with van der Waals surface area (Å²) in [7, 11) is 0. The van der Waals surface area contributed by atoms with Gasteiger partial charge >= 0.3 is 0 Å². The Morgan fingerprint density at radius 1 is 0.515 bits per heavy atom. The number of anilines is 4. The number of nitrogens with zero attached hydrogens (tertiary/aromatic N) is 4. The molecule has 0 radical (unpaired) electrons. The molecule has 9 aromatic rings. The van der Waals surface area contributed by atoms with E-state index in [0.29, 0.717) is 11.5 Å². The molecule has 334 valence electrons. The quantitative estimate of drug-likeness (QED) is 0.135. The Morgan fingerprint density at radius 2 is 1.12 bits per heavy atom. The third kappa shape index (κ3) is 8.02. The first-order valence-electron chi connectivity index (χ1n) is 22.6. The van der Waals surface area contributed by atoms with Gasteiger partial charge in [-0.05, 0) is 100 Å². The molecule has 10 rings (SSSR count). The summed E-state index contributed by atoms with van der Waals surface area (Å²) in [5.41, 5.74) is 14.2. The summed E-state index contributed by atoms with van der Waals surface area (Å²) in [6.07, 6.45) is 1.92. The number of aromatic nitrogens is 2. The second kappa shape index (κ2) is 17.1. The minimum absolute atomic E-state index is 0. The average Bonchev–Trinajstić information content (AvgIpc) is 3.84. The minimum Gasteiger partial charge on any atom is -0.509 e. The van der Waals surface area contributed by atoms with Crippen molar-refractivity contribution in [3.05, 3.63) is 222 Å². The van der Waals surface area contributed by atoms with Crippen molar-refractivity contribution in [2.75, 3.05) is 9.80 Å². The van der Waals surface area contributed by atoms with E-state index in [0.717, 1.165) is 55.9 Å². The van der Waals surface area contributed by atoms with Gasteiger partial charge in [0.15, 0.2) is 0 Å². The van der Waals surface area contributed by atoms with Crippen molar-refractivity contribution in [1.82, 2.24) is 9.55 Å². The molecule has 6 heteroatoms. The fraction of sp³-hybridized carbons (Fsp3) is 0.200. The second-order valence-corrected chi connectivity index (χ2v) is 19.6. The van der Waals surface area contributed by atoms with Gasteiger partial charge in [0.1, 0.15) is 5.82 Å². The van der Waals surface area contributed by atoms with Gasteiger partial charge in [-0.1, -0.05) is 145 Å². The summed E-state index contributed by atoms with van der Waals surface area (Å²) in [6, 6.07) is 63.8. The average molecular weight is 1040 g/mol. The van der Waals surface area contributed by atoms with Crippen molar-refractivity contribution in [3.63, 3.8) is 0 Å². The minimum atomic E-state index is -0.230. The van der Waals surface area contributed by atoms with Crippen molar-refractivity contribution in [2.45, 2.75) is 78.6 Å². The van der Waals surface area contributed by atoms with Gasteiger partial charge in [-0.3, -0.25) is 0 Å². The molecule has 0 saturated carbocycles. The molecule has 1 aliphatic heterocycles. The standard InChI is InChI=1S/C60H55N4O.Pt/c1-40-31-55-56(32-41(40)2)63(39-62(55)47-24-18-23-44(33-47)59(6,7)42-19-12-10-13-20-42)48-34-46(58(3,4)5)35-50(37-48)65-49-27-28-52-51-25-16-17-26-53(51)64(54(52)38-49)57-36-45(29-30-61-57)60(8,9)43-21-14-11-15-22-43;/h10-36,39H,1-9H3;/q-3;. The van der Waals surface area contributed by atoms with Gasteiger partial charge in [0, 0.05) is 72.2 Å². The Morgan fingerprint density at radius 3 is 1.79 bits per heavy atom. The Labute approximate surface area is 405 Å². The van der Waals surface area contributed by atoms with Gasteiger partial charge in [-0.25, -0.2) is 4.98 Å². The summed E-state index contributed by atoms with van der Waals surface area (Å²) in [4.78, 5) is 9.55. The number of pyridine rings is 1. The Bertz CT molecular complexity index is 3240. The number of fused-ring (bicyclic) bond motifs is 4. The summed E-state index contributed by atoms with van der Waals surface area (Å²) in [6.45, 7) is 22.5. The maximum Gasteiger partial charge on any atom is 0.135 e. The topological polar surface area (TPSA) is 33.5 Å². The van der Waals surface area contributed by atoms with Crippen LogP contribution in [-0.2, 0) is 37.3 Å². The SMILES string of the molecule is Cc1cc2c(cc1C)N(c1cccc(C(C)(C)c3ccccc3)c1)[CH-]N2c1[c-]c(Oc2[c-]c3c(cc2)c2ccccc2n3-c2cc(C(C)(C)c3ccccc3)ccn2)cc(C(C)(C)C)c1.[Pt]. The molecule has 0 fully saturated rings. The Kier molecular flexibility index (Phi) is 11.6. The van der Waals surface area contributed by atoms with Crippen LogP contribution in [0.15, 0.2) is 164 Å². The molecular formula is C60H55N4OPt-3. The molecule has 5 nitrogen and oxygen atoms in total. The van der Waals surface area contributed by atoms with E-state index in [-0.39, 0.29) is 37.3 Å². The van der Waals surface area contributed by atoms with Crippen LogP contribution in [0.5, 0.6) is 11.5 Å². The molecular weight excluding hydrogens is 988 g/mol. The van der Waals surface area contributed by atoms with Crippen LogP contribution < -0.4 is 14.5 Å². The molecule has 0 amide bonds. The molecule has 0 unspecified atom stereocenters. The molecule has 7 aromatic carbocycles. The third-order valence-electron chi connectivity index (χ3n) is 13.6. The summed E-state index contributed by atoms with van der Waals surface area (Å²) < 4.78 is 9.10. The van der Waals surface area contributed by atoms with Gasteiger partial charge in [-0.15, -0.1) is 53.6 Å². The van der Waals surface area contributed by atoms with Crippen LogP contribution in [-0.4, -0.2) is 9.55 Å². The normalized spacial score (nSPS) is 13.0. The smallest absolute Gasteiger partial charge is 0.135 e. The molecule has 66 heavy (non-hydrogen) atoms. The molecule has 0 spiro atoms. The summed E-state index contributed by atoms with van der Waals surface area (Å²) in [5.74, 6) is 2.06. The zero-order valence-electron chi connectivity index (χ0n) is 39.2. The number of ether oxygens (including phenoxy) is 1. The number of benzene rings is 7. The van der Waals surface area contributed by atoms with E-state index in [1.165, 1.54) is 33.4 Å². The van der Waals surface area contributed by atoms with Crippen LogP contribution in [0.4, 0.5) is 22.7 Å². The van der Waals surface area contributed by atoms with Crippen LogP contribution in [0, 0.1) is 32.6 Å². The fourth-order valence-electron chi connectivity index (χ4n) is 9.26. The first kappa shape index (κ1) is 44.8. The predicted octanol–water partition coefficient (Wildman–Crippen LogP) is 15.5. The van der Waals surface area contributed by atoms with Gasteiger partial charge in [0.2, 0.25) is 0 Å². The first-order chi connectivity index (χ1) is 31.2. The zero-order valence-corrected chi connectivity index (χ0v) is 41.5. The Balaban J connectivity index is 0.00000548. The summed E-state index contributed by atoms with van der Waals surface area (Å²) in [5, 5.41) is 2.22. The van der Waals surface area contributed by atoms with Crippen molar-refractivity contribution >= 4 is 44.6 Å². The van der Waals surface area contributed by atoms with Crippen molar-refractivity contribution in [1.29, 1.82) is 0 Å². The van der Waals surface area contributed by atoms with Crippen molar-refractivity contribution < 1.29 is 25.8 Å². The Hall–Kier alpha value is -6.42. The van der Waals surface area contributed by atoms with Crippen LogP contribution >= 0.6 is 0 Å². The third-order valence-corrected chi connectivity index (χ3v) is 13.6. The fourth-order valence-corrected chi connectivity index (χ4v) is 9.26. The maximum atomic E-state index is 6.88. The van der Waals surface area contributed by atoms with Gasteiger partial charge in [0.25, 0.3) is 0 Å². The number of hydrogen-bond acceptors (Lipinski definition) is 4. The maximum absolute atomic E-state index is 6.88. The number of hydrogen-bond donors (Lipinski definition) is 0. The van der Waals surface area contributed by atoms with Gasteiger partial charge < -0.3 is 19.1 Å². The number of rotatable bonds is 9. The van der Waals surface area contributed by atoms with E-state index in [2.05, 4.69) is 247 Å². The van der Waals surface area contributed by atoms with Crippen LogP contribution in [0.3, 0.4) is 0 Å². The molecule has 0 N–H and O–H groups in total. The van der Waals surface area contributed by atoms with Crippen molar-refractivity contribution in [2.24, 2.45) is 0 Å². The van der Waals surface area contributed by atoms with E-state index in [4.69, 9.17) is 9.72 Å². The molecule has 3 heterocycles. The van der Waals surface area contributed by atoms with E-state index in [9.17, 15) is 0 Å². The zero-order chi connectivity index (χ0) is 45.3. The van der Waals surface area contributed by atoms with Crippen LogP contribution in [0.25, 0.3) is 27.6 Å². The molecule has 0 atom stereocenters. The molecule has 2 aromatic heterocycles. The van der Waals surface area contributed by atoms with Crippen LogP contribution in [0.1, 0.15) is 87.4 Å². The van der Waals surface area contributed by atoms with E-state index >= 15 is 0 Å². The van der Waals surface area contributed by atoms with Gasteiger partial charge in [-0.2, -0.15) is 6.07 Å². The molecule has 0 saturated heterocycles. The van der Waals surface area contributed by atoms with E-state index < -0.39 is 0 Å². The van der Waals surface area contributed by atoms with Crippen LogP contribution in [0.2, 0.25) is 0 Å². The van der Waals surface area contributed by atoms with Crippen molar-refractivity contribution in [3.8, 4) is 17.3 Å². The molecule has 0 bridgehead atoms. The number of aryl methyl sites for hydroxylation is 2.